The van der Waals surface area contributed by atoms with Gasteiger partial charge < -0.3 is 5.32 Å². The lowest BCUT2D eigenvalue weighted by Gasteiger charge is -2.31. The molecule has 1 atom stereocenters. The summed E-state index contributed by atoms with van der Waals surface area (Å²) in [6, 6.07) is 7.74. The van der Waals surface area contributed by atoms with Crippen molar-refractivity contribution in [3.63, 3.8) is 0 Å². The van der Waals surface area contributed by atoms with Crippen molar-refractivity contribution in [1.82, 2.24) is 10.2 Å². The molecule has 1 unspecified atom stereocenters. The van der Waals surface area contributed by atoms with Gasteiger partial charge in [-0.2, -0.15) is 0 Å². The van der Waals surface area contributed by atoms with E-state index in [4.69, 9.17) is 0 Å². The molecular formula is C18H28N2. The third-order valence-corrected chi connectivity index (χ3v) is 5.23. The van der Waals surface area contributed by atoms with E-state index in [1.54, 1.807) is 5.56 Å². The topological polar surface area (TPSA) is 15.3 Å². The van der Waals surface area contributed by atoms with E-state index in [0.29, 0.717) is 6.04 Å². The van der Waals surface area contributed by atoms with E-state index >= 15 is 0 Å². The van der Waals surface area contributed by atoms with Crippen LogP contribution in [0.1, 0.15) is 48.4 Å². The first-order valence-electron chi connectivity index (χ1n) is 8.26. The molecular weight excluding hydrogens is 244 g/mol. The van der Waals surface area contributed by atoms with Gasteiger partial charge in [-0.1, -0.05) is 18.2 Å². The van der Waals surface area contributed by atoms with Crippen LogP contribution in [0.2, 0.25) is 0 Å². The van der Waals surface area contributed by atoms with Crippen molar-refractivity contribution in [3.8, 4) is 0 Å². The van der Waals surface area contributed by atoms with Crippen molar-refractivity contribution >= 4 is 0 Å². The average molecular weight is 272 g/mol. The molecule has 1 aromatic rings. The van der Waals surface area contributed by atoms with Crippen LogP contribution in [-0.2, 0) is 0 Å². The molecule has 2 nitrogen and oxygen atoms in total. The predicted octanol–water partition coefficient (Wildman–Crippen LogP) is 3.44. The Bertz CT molecular complexity index is 449. The van der Waals surface area contributed by atoms with Gasteiger partial charge >= 0.3 is 0 Å². The summed E-state index contributed by atoms with van der Waals surface area (Å²) < 4.78 is 0. The van der Waals surface area contributed by atoms with E-state index in [1.807, 2.05) is 0 Å². The normalized spacial score (nSPS) is 25.2. The van der Waals surface area contributed by atoms with Gasteiger partial charge in [-0.25, -0.2) is 0 Å². The number of likely N-dealkylation sites (tertiary alicyclic amines) is 1. The fourth-order valence-electron chi connectivity index (χ4n) is 3.79. The standard InChI is InChI=1S/C18H28N2/c1-14-5-6-17(12-15(14)2)18-4-3-11-20(18)13-16-7-9-19-10-8-16/h5-6,12,16,18-19H,3-4,7-11,13H2,1-2H3. The zero-order valence-electron chi connectivity index (χ0n) is 13.0. The second kappa shape index (κ2) is 6.28. The van der Waals surface area contributed by atoms with Gasteiger partial charge in [-0.3, -0.25) is 4.90 Å². The quantitative estimate of drug-likeness (QED) is 0.907. The van der Waals surface area contributed by atoms with E-state index in [0.717, 1.165) is 5.92 Å². The molecule has 0 radical (unpaired) electrons. The number of hydrogen-bond acceptors (Lipinski definition) is 2. The molecule has 0 spiro atoms. The van der Waals surface area contributed by atoms with Crippen LogP contribution in [0, 0.1) is 19.8 Å². The van der Waals surface area contributed by atoms with Crippen LogP contribution in [0.4, 0.5) is 0 Å². The Hall–Kier alpha value is -0.860. The van der Waals surface area contributed by atoms with E-state index in [2.05, 4.69) is 42.3 Å². The van der Waals surface area contributed by atoms with Crippen molar-refractivity contribution in [1.29, 1.82) is 0 Å². The average Bonchev–Trinajstić information content (AvgIpc) is 2.91. The Balaban J connectivity index is 1.69. The summed E-state index contributed by atoms with van der Waals surface area (Å²) in [4.78, 5) is 2.75. The number of benzene rings is 1. The van der Waals surface area contributed by atoms with Crippen molar-refractivity contribution in [2.24, 2.45) is 5.92 Å². The van der Waals surface area contributed by atoms with Crippen LogP contribution in [0.25, 0.3) is 0 Å². The van der Waals surface area contributed by atoms with Gasteiger partial charge in [-0.15, -0.1) is 0 Å². The molecule has 20 heavy (non-hydrogen) atoms. The Morgan fingerprint density at radius 3 is 2.65 bits per heavy atom. The maximum absolute atomic E-state index is 3.48. The zero-order chi connectivity index (χ0) is 13.9. The molecule has 2 saturated heterocycles. The van der Waals surface area contributed by atoms with Crippen LogP contribution in [-0.4, -0.2) is 31.1 Å². The molecule has 0 amide bonds. The zero-order valence-corrected chi connectivity index (χ0v) is 13.0. The Morgan fingerprint density at radius 2 is 1.90 bits per heavy atom. The van der Waals surface area contributed by atoms with Crippen molar-refractivity contribution in [2.75, 3.05) is 26.2 Å². The second-order valence-electron chi connectivity index (χ2n) is 6.69. The van der Waals surface area contributed by atoms with Gasteiger partial charge in [0.15, 0.2) is 0 Å². The van der Waals surface area contributed by atoms with E-state index < -0.39 is 0 Å². The molecule has 2 aliphatic rings. The number of rotatable bonds is 3. The van der Waals surface area contributed by atoms with Crippen LogP contribution < -0.4 is 5.32 Å². The number of piperidine rings is 1. The first-order valence-corrected chi connectivity index (χ1v) is 8.26. The smallest absolute Gasteiger partial charge is 0.0348 e. The summed E-state index contributed by atoms with van der Waals surface area (Å²) in [6.45, 7) is 9.48. The molecule has 110 valence electrons. The largest absolute Gasteiger partial charge is 0.317 e. The molecule has 1 N–H and O–H groups in total. The number of nitrogens with zero attached hydrogens (tertiary/aromatic N) is 1. The molecule has 2 fully saturated rings. The van der Waals surface area contributed by atoms with Crippen molar-refractivity contribution < 1.29 is 0 Å². The summed E-state index contributed by atoms with van der Waals surface area (Å²) in [7, 11) is 0. The van der Waals surface area contributed by atoms with Crippen LogP contribution in [0.3, 0.4) is 0 Å². The highest BCUT2D eigenvalue weighted by Gasteiger charge is 2.28. The Morgan fingerprint density at radius 1 is 1.10 bits per heavy atom. The van der Waals surface area contributed by atoms with Gasteiger partial charge in [0, 0.05) is 12.6 Å². The molecule has 2 heterocycles. The Labute approximate surface area is 123 Å². The number of aryl methyl sites for hydroxylation is 2. The first kappa shape index (κ1) is 14.1. The number of nitrogens with one attached hydrogen (secondary N) is 1. The summed E-state index contributed by atoms with van der Waals surface area (Å²) in [5.41, 5.74) is 4.40. The lowest BCUT2D eigenvalue weighted by atomic mass is 9.95. The summed E-state index contributed by atoms with van der Waals surface area (Å²) in [5.74, 6) is 0.906. The third-order valence-electron chi connectivity index (χ3n) is 5.23. The predicted molar refractivity (Wildman–Crippen MR) is 85.1 cm³/mol. The fourth-order valence-corrected chi connectivity index (χ4v) is 3.79. The van der Waals surface area contributed by atoms with Gasteiger partial charge in [0.2, 0.25) is 0 Å². The highest BCUT2D eigenvalue weighted by Crippen LogP contribution is 2.34. The minimum atomic E-state index is 0.671. The Kier molecular flexibility index (Phi) is 4.42. The fraction of sp³-hybridized carbons (Fsp3) is 0.667. The van der Waals surface area contributed by atoms with E-state index in [1.165, 1.54) is 63.0 Å². The molecule has 2 heteroatoms. The van der Waals surface area contributed by atoms with E-state index in [9.17, 15) is 0 Å². The van der Waals surface area contributed by atoms with Gasteiger partial charge in [0.1, 0.15) is 0 Å². The minimum absolute atomic E-state index is 0.671. The maximum Gasteiger partial charge on any atom is 0.0348 e. The summed E-state index contributed by atoms with van der Waals surface area (Å²) >= 11 is 0. The van der Waals surface area contributed by atoms with Crippen molar-refractivity contribution in [2.45, 2.75) is 45.6 Å². The molecule has 0 aromatic heterocycles. The summed E-state index contributed by atoms with van der Waals surface area (Å²) in [5, 5.41) is 3.48. The number of hydrogen-bond donors (Lipinski definition) is 1. The molecule has 0 saturated carbocycles. The lowest BCUT2D eigenvalue weighted by molar-refractivity contribution is 0.193. The van der Waals surface area contributed by atoms with Crippen LogP contribution in [0.15, 0.2) is 18.2 Å². The van der Waals surface area contributed by atoms with Crippen molar-refractivity contribution in [3.05, 3.63) is 34.9 Å². The summed E-state index contributed by atoms with van der Waals surface area (Å²) in [6.07, 6.45) is 5.42. The molecule has 1 aromatic carbocycles. The maximum atomic E-state index is 3.48. The van der Waals surface area contributed by atoms with Gasteiger partial charge in [0.05, 0.1) is 0 Å². The molecule has 3 rings (SSSR count). The third kappa shape index (κ3) is 3.07. The molecule has 0 aliphatic carbocycles. The highest BCUT2D eigenvalue weighted by atomic mass is 15.2. The first-order chi connectivity index (χ1) is 9.74. The van der Waals surface area contributed by atoms with Crippen LogP contribution in [0.5, 0.6) is 0 Å². The SMILES string of the molecule is Cc1ccc(C2CCCN2CC2CCNCC2)cc1C. The lowest BCUT2D eigenvalue weighted by Crippen LogP contribution is -2.36. The minimum Gasteiger partial charge on any atom is -0.317 e. The monoisotopic (exact) mass is 272 g/mol. The van der Waals surface area contributed by atoms with Gasteiger partial charge in [0.25, 0.3) is 0 Å². The van der Waals surface area contributed by atoms with Gasteiger partial charge in [-0.05, 0) is 81.8 Å². The molecule has 0 bridgehead atoms. The van der Waals surface area contributed by atoms with E-state index in [-0.39, 0.29) is 0 Å². The second-order valence-corrected chi connectivity index (χ2v) is 6.69. The molecule has 2 aliphatic heterocycles. The van der Waals surface area contributed by atoms with Crippen LogP contribution >= 0.6 is 0 Å². The highest BCUT2D eigenvalue weighted by molar-refractivity contribution is 5.32.